The first kappa shape index (κ1) is 15.7. The molecule has 7 heteroatoms. The van der Waals surface area contributed by atoms with E-state index in [1.807, 2.05) is 25.3 Å². The highest BCUT2D eigenvalue weighted by Crippen LogP contribution is 2.21. The van der Waals surface area contributed by atoms with E-state index in [2.05, 4.69) is 15.0 Å². The Morgan fingerprint density at radius 2 is 1.90 bits per heavy atom. The number of anilines is 2. The first-order valence-electron chi connectivity index (χ1n) is 6.42. The summed E-state index contributed by atoms with van der Waals surface area (Å²) in [7, 11) is -3.61. The van der Waals surface area contributed by atoms with Crippen molar-refractivity contribution in [2.75, 3.05) is 22.8 Å². The van der Waals surface area contributed by atoms with E-state index < -0.39 is 10.0 Å². The van der Waals surface area contributed by atoms with Gasteiger partial charge in [0, 0.05) is 29.4 Å². The van der Waals surface area contributed by atoms with Gasteiger partial charge in [-0.25, -0.2) is 13.4 Å². The van der Waals surface area contributed by atoms with Crippen molar-refractivity contribution in [3.05, 3.63) is 42.6 Å². The van der Waals surface area contributed by atoms with Gasteiger partial charge in [0.1, 0.15) is 5.82 Å². The van der Waals surface area contributed by atoms with Crippen LogP contribution in [0.3, 0.4) is 0 Å². The summed E-state index contributed by atoms with van der Waals surface area (Å²) in [6, 6.07) is 10.2. The van der Waals surface area contributed by atoms with E-state index in [1.54, 1.807) is 23.9 Å². The molecule has 0 atom stereocenters. The number of thioether (sulfide) groups is 1. The molecule has 0 aliphatic heterocycles. The fourth-order valence-electron chi connectivity index (χ4n) is 1.73. The quantitative estimate of drug-likeness (QED) is 0.800. The number of sulfonamides is 1. The molecule has 0 unspecified atom stereocenters. The van der Waals surface area contributed by atoms with Gasteiger partial charge < -0.3 is 5.32 Å². The molecule has 0 spiro atoms. The molecule has 0 radical (unpaired) electrons. The van der Waals surface area contributed by atoms with Gasteiger partial charge in [-0.1, -0.05) is 0 Å². The first-order chi connectivity index (χ1) is 10.0. The van der Waals surface area contributed by atoms with Crippen LogP contribution in [0.2, 0.25) is 0 Å². The highest BCUT2D eigenvalue weighted by atomic mass is 32.2. The molecule has 0 aliphatic carbocycles. The lowest BCUT2D eigenvalue weighted by atomic mass is 10.3. The third-order valence-electron chi connectivity index (χ3n) is 2.74. The van der Waals surface area contributed by atoms with Crippen LogP contribution >= 0.6 is 11.8 Å². The summed E-state index contributed by atoms with van der Waals surface area (Å²) in [6.07, 6.45) is 3.45. The Balaban J connectivity index is 2.22. The van der Waals surface area contributed by atoms with Gasteiger partial charge in [0.15, 0.2) is 0 Å². The number of aromatic nitrogens is 1. The summed E-state index contributed by atoms with van der Waals surface area (Å²) in [5.41, 5.74) is 0.537. The number of benzene rings is 1. The molecule has 21 heavy (non-hydrogen) atoms. The predicted octanol–water partition coefficient (Wildman–Crippen LogP) is 3.04. The topological polar surface area (TPSA) is 71.1 Å². The van der Waals surface area contributed by atoms with Gasteiger partial charge in [-0.05, 0) is 43.5 Å². The first-order valence-corrected chi connectivity index (χ1v) is 9.13. The lowest BCUT2D eigenvalue weighted by Gasteiger charge is -2.10. The van der Waals surface area contributed by atoms with Gasteiger partial charge in [0.2, 0.25) is 0 Å². The normalized spacial score (nSPS) is 11.1. The van der Waals surface area contributed by atoms with E-state index in [-0.39, 0.29) is 4.90 Å². The smallest absolute Gasteiger partial charge is 0.262 e. The lowest BCUT2D eigenvalue weighted by Crippen LogP contribution is -2.13. The van der Waals surface area contributed by atoms with Crippen LogP contribution in [0.1, 0.15) is 6.92 Å². The van der Waals surface area contributed by atoms with Crippen LogP contribution in [-0.4, -0.2) is 26.2 Å². The van der Waals surface area contributed by atoms with Crippen LogP contribution in [0.15, 0.2) is 52.4 Å². The van der Waals surface area contributed by atoms with Crippen LogP contribution in [0, 0.1) is 0 Å². The number of hydrogen-bond donors (Lipinski definition) is 2. The zero-order valence-electron chi connectivity index (χ0n) is 11.8. The molecule has 0 bridgehead atoms. The van der Waals surface area contributed by atoms with Gasteiger partial charge >= 0.3 is 0 Å². The Morgan fingerprint density at radius 3 is 2.52 bits per heavy atom. The molecule has 0 saturated carbocycles. The van der Waals surface area contributed by atoms with E-state index >= 15 is 0 Å². The third kappa shape index (κ3) is 4.12. The van der Waals surface area contributed by atoms with E-state index in [0.29, 0.717) is 18.1 Å². The predicted molar refractivity (Wildman–Crippen MR) is 87.4 cm³/mol. The van der Waals surface area contributed by atoms with Gasteiger partial charge in [0.25, 0.3) is 10.0 Å². The van der Waals surface area contributed by atoms with Crippen LogP contribution in [0.4, 0.5) is 11.5 Å². The molecule has 0 saturated heterocycles. The Labute approximate surface area is 129 Å². The number of nitrogens with zero attached hydrogens (tertiary/aromatic N) is 1. The van der Waals surface area contributed by atoms with Gasteiger partial charge in [-0.15, -0.1) is 11.8 Å². The molecule has 0 aliphatic rings. The van der Waals surface area contributed by atoms with Crippen molar-refractivity contribution < 1.29 is 8.42 Å². The number of hydrogen-bond acceptors (Lipinski definition) is 5. The minimum absolute atomic E-state index is 0.183. The maximum Gasteiger partial charge on any atom is 0.262 e. The fourth-order valence-corrected chi connectivity index (χ4v) is 3.21. The van der Waals surface area contributed by atoms with Crippen LogP contribution in [0.5, 0.6) is 0 Å². The molecule has 2 rings (SSSR count). The lowest BCUT2D eigenvalue weighted by molar-refractivity contribution is 0.601. The van der Waals surface area contributed by atoms with Crippen LogP contribution in [0.25, 0.3) is 0 Å². The van der Waals surface area contributed by atoms with E-state index in [4.69, 9.17) is 0 Å². The molecule has 112 valence electrons. The monoisotopic (exact) mass is 323 g/mol. The standard InChI is InChI=1S/C14H17N3O2S2/c1-3-15-14-10-13(8-9-16-14)21(18,19)17-11-4-6-12(20-2)7-5-11/h4-10,17H,3H2,1-2H3,(H,15,16). The Morgan fingerprint density at radius 1 is 1.19 bits per heavy atom. The average Bonchev–Trinajstić information content (AvgIpc) is 2.48. The molecule has 1 heterocycles. The summed E-state index contributed by atoms with van der Waals surface area (Å²) in [5.74, 6) is 0.540. The summed E-state index contributed by atoms with van der Waals surface area (Å²) < 4.78 is 27.2. The van der Waals surface area contributed by atoms with Crippen LogP contribution in [-0.2, 0) is 10.0 Å². The van der Waals surface area contributed by atoms with Crippen molar-refractivity contribution in [3.63, 3.8) is 0 Å². The molecule has 2 N–H and O–H groups in total. The number of pyridine rings is 1. The summed E-state index contributed by atoms with van der Waals surface area (Å²) in [4.78, 5) is 5.33. The minimum atomic E-state index is -3.61. The van der Waals surface area contributed by atoms with Gasteiger partial charge in [-0.2, -0.15) is 0 Å². The van der Waals surface area contributed by atoms with E-state index in [0.717, 1.165) is 4.90 Å². The van der Waals surface area contributed by atoms with Crippen molar-refractivity contribution in [1.82, 2.24) is 4.98 Å². The summed E-state index contributed by atoms with van der Waals surface area (Å²) >= 11 is 1.61. The summed E-state index contributed by atoms with van der Waals surface area (Å²) in [5, 5.41) is 2.99. The molecular formula is C14H17N3O2S2. The third-order valence-corrected chi connectivity index (χ3v) is 4.86. The average molecular weight is 323 g/mol. The molecule has 0 amide bonds. The maximum atomic E-state index is 12.3. The van der Waals surface area contributed by atoms with Gasteiger partial charge in [0.05, 0.1) is 4.90 Å². The second-order valence-corrected chi connectivity index (χ2v) is 6.80. The largest absolute Gasteiger partial charge is 0.370 e. The summed E-state index contributed by atoms with van der Waals surface area (Å²) in [6.45, 7) is 2.61. The van der Waals surface area contributed by atoms with Crippen molar-refractivity contribution >= 4 is 33.3 Å². The second kappa shape index (κ2) is 6.82. The van der Waals surface area contributed by atoms with Crippen LogP contribution < -0.4 is 10.0 Å². The Bertz CT molecular complexity index is 700. The Hall–Kier alpha value is -1.73. The molecule has 1 aromatic carbocycles. The molecular weight excluding hydrogens is 306 g/mol. The van der Waals surface area contributed by atoms with Gasteiger partial charge in [-0.3, -0.25) is 4.72 Å². The highest BCUT2D eigenvalue weighted by Gasteiger charge is 2.15. The highest BCUT2D eigenvalue weighted by molar-refractivity contribution is 7.98. The molecule has 0 fully saturated rings. The molecule has 2 aromatic rings. The second-order valence-electron chi connectivity index (χ2n) is 4.24. The fraction of sp³-hybridized carbons (Fsp3) is 0.214. The number of rotatable bonds is 6. The van der Waals surface area contributed by atoms with Crippen molar-refractivity contribution in [3.8, 4) is 0 Å². The van der Waals surface area contributed by atoms with Crippen molar-refractivity contribution in [1.29, 1.82) is 0 Å². The van der Waals surface area contributed by atoms with Crippen molar-refractivity contribution in [2.24, 2.45) is 0 Å². The van der Waals surface area contributed by atoms with Crippen molar-refractivity contribution in [2.45, 2.75) is 16.7 Å². The minimum Gasteiger partial charge on any atom is -0.370 e. The zero-order valence-corrected chi connectivity index (χ0v) is 13.5. The molecule has 1 aromatic heterocycles. The SMILES string of the molecule is CCNc1cc(S(=O)(=O)Nc2ccc(SC)cc2)ccn1. The Kier molecular flexibility index (Phi) is 5.08. The maximum absolute atomic E-state index is 12.3. The zero-order chi connectivity index (χ0) is 15.3. The molecule has 5 nitrogen and oxygen atoms in total. The van der Waals surface area contributed by atoms with E-state index in [9.17, 15) is 8.42 Å². The van der Waals surface area contributed by atoms with E-state index in [1.165, 1.54) is 18.3 Å². The number of nitrogens with one attached hydrogen (secondary N) is 2.